The Morgan fingerprint density at radius 3 is 2.59 bits per heavy atom. The lowest BCUT2D eigenvalue weighted by Crippen LogP contribution is -1.99. The Labute approximate surface area is 96.5 Å². The molecule has 17 heavy (non-hydrogen) atoms. The molecule has 0 saturated carbocycles. The summed E-state index contributed by atoms with van der Waals surface area (Å²) >= 11 is 0. The van der Waals surface area contributed by atoms with E-state index in [2.05, 4.69) is 10.3 Å². The maximum absolute atomic E-state index is 13.7. The van der Waals surface area contributed by atoms with Crippen molar-refractivity contribution < 1.29 is 13.2 Å². The van der Waals surface area contributed by atoms with Crippen molar-refractivity contribution in [1.82, 2.24) is 4.98 Å². The van der Waals surface area contributed by atoms with Crippen LogP contribution in [0.2, 0.25) is 0 Å². The highest BCUT2D eigenvalue weighted by Gasteiger charge is 2.16. The summed E-state index contributed by atoms with van der Waals surface area (Å²) in [5, 5.41) is 2.97. The predicted molar refractivity (Wildman–Crippen MR) is 60.9 cm³/mol. The van der Waals surface area contributed by atoms with E-state index in [1.807, 2.05) is 0 Å². The van der Waals surface area contributed by atoms with Gasteiger partial charge in [0.15, 0.2) is 0 Å². The van der Waals surface area contributed by atoms with Crippen molar-refractivity contribution in [2.24, 2.45) is 0 Å². The van der Waals surface area contributed by atoms with Gasteiger partial charge in [-0.15, -0.1) is 0 Å². The number of hydrogen-bond donors (Lipinski definition) is 1. The monoisotopic (exact) mass is 240 g/mol. The van der Waals surface area contributed by atoms with Gasteiger partial charge in [-0.05, 0) is 24.6 Å². The molecule has 1 N–H and O–H groups in total. The first-order chi connectivity index (χ1) is 8.04. The van der Waals surface area contributed by atoms with Crippen LogP contribution in [0.1, 0.15) is 17.7 Å². The molecule has 0 bridgehead atoms. The Bertz CT molecular complexity index is 567. The number of benzene rings is 1. The minimum atomic E-state index is -2.67. The van der Waals surface area contributed by atoms with Crippen LogP contribution in [0.15, 0.2) is 18.2 Å². The summed E-state index contributed by atoms with van der Waals surface area (Å²) in [6, 6.07) is 4.01. The predicted octanol–water partition coefficient (Wildman–Crippen LogP) is 3.66. The van der Waals surface area contributed by atoms with Crippen LogP contribution in [0.3, 0.4) is 0 Å². The van der Waals surface area contributed by atoms with Crippen LogP contribution in [-0.4, -0.2) is 12.0 Å². The molecule has 0 radical (unpaired) electrons. The van der Waals surface area contributed by atoms with Gasteiger partial charge in [0.25, 0.3) is 6.43 Å². The summed E-state index contributed by atoms with van der Waals surface area (Å²) in [5.41, 5.74) is 0.912. The summed E-state index contributed by atoms with van der Waals surface area (Å²) < 4.78 is 39.0. The third kappa shape index (κ3) is 1.92. The molecule has 5 heteroatoms. The van der Waals surface area contributed by atoms with Crippen molar-refractivity contribution in [3.63, 3.8) is 0 Å². The van der Waals surface area contributed by atoms with Gasteiger partial charge in [0.1, 0.15) is 11.5 Å². The van der Waals surface area contributed by atoms with E-state index < -0.39 is 12.2 Å². The van der Waals surface area contributed by atoms with Crippen LogP contribution in [0, 0.1) is 12.7 Å². The van der Waals surface area contributed by atoms with Crippen molar-refractivity contribution >= 4 is 16.6 Å². The van der Waals surface area contributed by atoms with Gasteiger partial charge in [0.2, 0.25) is 0 Å². The number of halogens is 3. The van der Waals surface area contributed by atoms with Crippen LogP contribution in [-0.2, 0) is 0 Å². The number of alkyl halides is 2. The van der Waals surface area contributed by atoms with Gasteiger partial charge in [-0.3, -0.25) is 0 Å². The van der Waals surface area contributed by atoms with Gasteiger partial charge in [0.05, 0.1) is 10.9 Å². The summed E-state index contributed by atoms with van der Waals surface area (Å²) in [4.78, 5) is 3.81. The Hall–Kier alpha value is -1.78. The van der Waals surface area contributed by atoms with Crippen molar-refractivity contribution in [3.05, 3.63) is 35.3 Å². The lowest BCUT2D eigenvalue weighted by Gasteiger charge is -2.11. The number of nitrogens with one attached hydrogen (secondary N) is 1. The van der Waals surface area contributed by atoms with Crippen molar-refractivity contribution in [2.75, 3.05) is 12.4 Å². The molecule has 0 fully saturated rings. The molecule has 1 heterocycles. The minimum absolute atomic E-state index is 0.247. The standard InChI is InChI=1S/C12H11F3N2/c1-6-3-4-7(13)10-8(16-2)5-9(12(14)15)17-11(6)10/h3-5,12H,1-2H3,(H,16,17). The average Bonchev–Trinajstić information content (AvgIpc) is 2.32. The minimum Gasteiger partial charge on any atom is -0.387 e. The number of nitrogens with zero attached hydrogens (tertiary/aromatic N) is 1. The van der Waals surface area contributed by atoms with Gasteiger partial charge in [-0.25, -0.2) is 18.2 Å². The maximum Gasteiger partial charge on any atom is 0.280 e. The summed E-state index contributed by atoms with van der Waals surface area (Å²) in [5.74, 6) is -0.469. The molecule has 0 amide bonds. The van der Waals surface area contributed by atoms with Crippen LogP contribution in [0.4, 0.5) is 18.9 Å². The van der Waals surface area contributed by atoms with Crippen LogP contribution in [0.25, 0.3) is 10.9 Å². The van der Waals surface area contributed by atoms with Gasteiger partial charge in [-0.1, -0.05) is 6.07 Å². The molecule has 2 aromatic rings. The first-order valence-electron chi connectivity index (χ1n) is 5.10. The van der Waals surface area contributed by atoms with Gasteiger partial charge in [0, 0.05) is 12.7 Å². The zero-order valence-electron chi connectivity index (χ0n) is 9.39. The number of aryl methyl sites for hydroxylation is 1. The van der Waals surface area contributed by atoms with E-state index in [-0.39, 0.29) is 16.6 Å². The van der Waals surface area contributed by atoms with E-state index in [1.165, 1.54) is 18.2 Å². The number of hydrogen-bond acceptors (Lipinski definition) is 2. The molecular weight excluding hydrogens is 229 g/mol. The molecular formula is C12H11F3N2. The number of aromatic nitrogens is 1. The van der Waals surface area contributed by atoms with Gasteiger partial charge >= 0.3 is 0 Å². The van der Waals surface area contributed by atoms with Gasteiger partial charge in [-0.2, -0.15) is 0 Å². The molecule has 0 atom stereocenters. The fourth-order valence-corrected chi connectivity index (χ4v) is 1.76. The lowest BCUT2D eigenvalue weighted by atomic mass is 10.1. The second kappa shape index (κ2) is 4.24. The van der Waals surface area contributed by atoms with Crippen LogP contribution >= 0.6 is 0 Å². The van der Waals surface area contributed by atoms with Crippen molar-refractivity contribution in [2.45, 2.75) is 13.3 Å². The largest absolute Gasteiger partial charge is 0.387 e. The Morgan fingerprint density at radius 2 is 2.00 bits per heavy atom. The fourth-order valence-electron chi connectivity index (χ4n) is 1.76. The quantitative estimate of drug-likeness (QED) is 0.866. The number of anilines is 1. The molecule has 0 aliphatic carbocycles. The number of rotatable bonds is 2. The lowest BCUT2D eigenvalue weighted by molar-refractivity contribution is 0.146. The topological polar surface area (TPSA) is 24.9 Å². The van der Waals surface area contributed by atoms with E-state index in [1.54, 1.807) is 14.0 Å². The van der Waals surface area contributed by atoms with E-state index in [4.69, 9.17) is 0 Å². The Balaban J connectivity index is 2.87. The van der Waals surface area contributed by atoms with Crippen LogP contribution < -0.4 is 5.32 Å². The summed E-state index contributed by atoms with van der Waals surface area (Å²) in [7, 11) is 1.56. The average molecular weight is 240 g/mol. The number of fused-ring (bicyclic) bond motifs is 1. The highest BCUT2D eigenvalue weighted by Crippen LogP contribution is 2.30. The number of pyridine rings is 1. The zero-order valence-corrected chi connectivity index (χ0v) is 9.39. The third-order valence-corrected chi connectivity index (χ3v) is 2.62. The normalized spacial score (nSPS) is 11.2. The van der Waals surface area contributed by atoms with Crippen molar-refractivity contribution in [1.29, 1.82) is 0 Å². The summed E-state index contributed by atoms with van der Waals surface area (Å²) in [6.45, 7) is 1.71. The van der Waals surface area contributed by atoms with Crippen molar-refractivity contribution in [3.8, 4) is 0 Å². The second-order valence-corrected chi connectivity index (χ2v) is 3.73. The van der Waals surface area contributed by atoms with Gasteiger partial charge < -0.3 is 5.32 Å². The molecule has 0 spiro atoms. The smallest absolute Gasteiger partial charge is 0.280 e. The Kier molecular flexibility index (Phi) is 2.92. The molecule has 1 aromatic heterocycles. The molecule has 2 nitrogen and oxygen atoms in total. The molecule has 2 rings (SSSR count). The molecule has 0 unspecified atom stereocenters. The zero-order chi connectivity index (χ0) is 12.6. The third-order valence-electron chi connectivity index (χ3n) is 2.62. The van der Waals surface area contributed by atoms with E-state index in [0.29, 0.717) is 11.3 Å². The highest BCUT2D eigenvalue weighted by atomic mass is 19.3. The maximum atomic E-state index is 13.7. The fraction of sp³-hybridized carbons (Fsp3) is 0.250. The van der Waals surface area contributed by atoms with E-state index in [9.17, 15) is 13.2 Å². The first-order valence-corrected chi connectivity index (χ1v) is 5.10. The molecule has 0 aliphatic heterocycles. The Morgan fingerprint density at radius 1 is 1.29 bits per heavy atom. The van der Waals surface area contributed by atoms with Crippen LogP contribution in [0.5, 0.6) is 0 Å². The molecule has 0 aliphatic rings. The first kappa shape index (κ1) is 11.7. The van der Waals surface area contributed by atoms with E-state index >= 15 is 0 Å². The summed E-state index contributed by atoms with van der Waals surface area (Å²) in [6.07, 6.45) is -2.67. The molecule has 1 aromatic carbocycles. The second-order valence-electron chi connectivity index (χ2n) is 3.73. The molecule has 90 valence electrons. The van der Waals surface area contributed by atoms with E-state index in [0.717, 1.165) is 0 Å². The molecule has 0 saturated heterocycles. The highest BCUT2D eigenvalue weighted by molar-refractivity contribution is 5.93. The SMILES string of the molecule is CNc1cc(C(F)F)nc2c(C)ccc(F)c12.